The molecule has 1 heterocycles. The summed E-state index contributed by atoms with van der Waals surface area (Å²) in [4.78, 5) is 29.5. The number of aryl methyl sites for hydroxylation is 1. The number of alkyl halides is 6. The van der Waals surface area contributed by atoms with Crippen molar-refractivity contribution in [3.8, 4) is 0 Å². The van der Waals surface area contributed by atoms with Crippen molar-refractivity contribution < 1.29 is 45.1 Å². The van der Waals surface area contributed by atoms with Crippen LogP contribution < -0.4 is 0 Å². The minimum absolute atomic E-state index is 0.0774. The van der Waals surface area contributed by atoms with Crippen LogP contribution in [-0.2, 0) is 26.7 Å². The minimum Gasteiger partial charge on any atom is -0.466 e. The molecule has 5 nitrogen and oxygen atoms in total. The van der Waals surface area contributed by atoms with Gasteiger partial charge in [0.15, 0.2) is 0 Å². The fraction of sp³-hybridized carbons (Fsp3) is 0.600. The van der Waals surface area contributed by atoms with Crippen molar-refractivity contribution >= 4 is 11.9 Å². The van der Waals surface area contributed by atoms with Gasteiger partial charge in [0.2, 0.25) is 5.91 Å². The number of carbonyl (C=O) groups excluding carboxylic acids is 2. The highest BCUT2D eigenvalue weighted by molar-refractivity contribution is 5.80. The number of hydrogen-bond acceptors (Lipinski definition) is 4. The number of carbonyl (C=O) groups is 2. The summed E-state index contributed by atoms with van der Waals surface area (Å²) in [5, 5.41) is 0. The Hall–Kier alpha value is -3.15. The molecule has 0 unspecified atom stereocenters. The van der Waals surface area contributed by atoms with Gasteiger partial charge in [0.05, 0.1) is 23.8 Å². The second-order valence-electron chi connectivity index (χ2n) is 13.1. The van der Waals surface area contributed by atoms with Crippen LogP contribution in [0.4, 0.5) is 30.7 Å². The number of nitrogens with zero attached hydrogens (tertiary/aromatic N) is 2. The lowest BCUT2D eigenvalue weighted by Gasteiger charge is -2.42. The summed E-state index contributed by atoms with van der Waals surface area (Å²) in [5.74, 6) is -1.26. The molecule has 2 fully saturated rings. The van der Waals surface area contributed by atoms with E-state index in [2.05, 4.69) is 4.90 Å². The zero-order valence-electron chi connectivity index (χ0n) is 27.2. The molecule has 2 aromatic rings. The normalized spacial score (nSPS) is 23.3. The van der Waals surface area contributed by atoms with Gasteiger partial charge in [-0.25, -0.2) is 4.39 Å². The molecule has 1 aliphatic carbocycles. The first kappa shape index (κ1) is 36.7. The van der Waals surface area contributed by atoms with E-state index in [1.807, 2.05) is 0 Å². The molecule has 4 rings (SSSR count). The number of rotatable bonds is 9. The van der Waals surface area contributed by atoms with Gasteiger partial charge in [0.1, 0.15) is 5.82 Å². The van der Waals surface area contributed by atoms with Crippen LogP contribution in [0.1, 0.15) is 92.1 Å². The van der Waals surface area contributed by atoms with Crippen LogP contribution in [0.5, 0.6) is 0 Å². The average molecular weight is 673 g/mol. The second kappa shape index (κ2) is 15.0. The molecule has 1 saturated carbocycles. The van der Waals surface area contributed by atoms with Crippen molar-refractivity contribution in [2.45, 2.75) is 83.6 Å². The maximum atomic E-state index is 14.1. The van der Waals surface area contributed by atoms with Crippen molar-refractivity contribution in [1.82, 2.24) is 9.80 Å². The molecule has 47 heavy (non-hydrogen) atoms. The van der Waals surface area contributed by atoms with Crippen LogP contribution in [0.3, 0.4) is 0 Å². The molecule has 0 N–H and O–H groups in total. The Morgan fingerprint density at radius 1 is 0.936 bits per heavy atom. The van der Waals surface area contributed by atoms with E-state index in [1.54, 1.807) is 19.9 Å². The van der Waals surface area contributed by atoms with Gasteiger partial charge in [0.25, 0.3) is 0 Å². The molecule has 0 aromatic heterocycles. The lowest BCUT2D eigenvalue weighted by Crippen LogP contribution is -2.47. The van der Waals surface area contributed by atoms with Crippen molar-refractivity contribution in [3.63, 3.8) is 0 Å². The van der Waals surface area contributed by atoms with Gasteiger partial charge in [-0.05, 0) is 118 Å². The average Bonchev–Trinajstić information content (AvgIpc) is 3.00. The fourth-order valence-electron chi connectivity index (χ4n) is 7.19. The summed E-state index contributed by atoms with van der Waals surface area (Å²) in [7, 11) is 1.40. The Balaban J connectivity index is 1.52. The Labute approximate surface area is 271 Å². The summed E-state index contributed by atoms with van der Waals surface area (Å²) in [6, 6.07) is 4.71. The molecule has 1 aliphatic heterocycles. The smallest absolute Gasteiger partial charge is 0.416 e. The Morgan fingerprint density at radius 2 is 1.53 bits per heavy atom. The molecule has 3 atom stereocenters. The molecule has 2 aromatic carbocycles. The lowest BCUT2D eigenvalue weighted by molar-refractivity contribution is -0.145. The number of ether oxygens (including phenoxy) is 1. The molecule has 1 saturated heterocycles. The maximum absolute atomic E-state index is 14.1. The maximum Gasteiger partial charge on any atom is 0.416 e. The van der Waals surface area contributed by atoms with Gasteiger partial charge in [0, 0.05) is 38.4 Å². The van der Waals surface area contributed by atoms with Crippen LogP contribution in [-0.4, -0.2) is 55.0 Å². The first-order valence-corrected chi connectivity index (χ1v) is 16.2. The van der Waals surface area contributed by atoms with Gasteiger partial charge in [-0.1, -0.05) is 6.07 Å². The summed E-state index contributed by atoms with van der Waals surface area (Å²) in [6.07, 6.45) is -5.40. The largest absolute Gasteiger partial charge is 0.466 e. The Kier molecular flexibility index (Phi) is 11.7. The van der Waals surface area contributed by atoms with E-state index in [0.29, 0.717) is 62.1 Å². The SMILES string of the molecule is CCOC(=O)C[C@H]1CC[C@@H](CN2CC[C@H](C(=O)N(C)[C@@H](C)c3cc(C(F)(F)F)cc(C(F)(F)F)c3)[C@@H](c3ccc(F)cc3C)C2)CC1. The summed E-state index contributed by atoms with van der Waals surface area (Å²) < 4.78 is 101. The van der Waals surface area contributed by atoms with Crippen molar-refractivity contribution in [1.29, 1.82) is 0 Å². The number of amides is 1. The molecule has 0 radical (unpaired) electrons. The summed E-state index contributed by atoms with van der Waals surface area (Å²) in [5.41, 5.74) is -1.69. The molecular formula is C35H43F7N2O3. The fourth-order valence-corrected chi connectivity index (χ4v) is 7.19. The monoisotopic (exact) mass is 672 g/mol. The first-order valence-electron chi connectivity index (χ1n) is 16.2. The van der Waals surface area contributed by atoms with Crippen LogP contribution in [0.15, 0.2) is 36.4 Å². The molecule has 12 heteroatoms. The quantitative estimate of drug-likeness (QED) is 0.198. The lowest BCUT2D eigenvalue weighted by atomic mass is 9.76. The van der Waals surface area contributed by atoms with Crippen LogP contribution >= 0.6 is 0 Å². The van der Waals surface area contributed by atoms with Crippen LogP contribution in [0.25, 0.3) is 0 Å². The van der Waals surface area contributed by atoms with Crippen molar-refractivity contribution in [3.05, 3.63) is 70.0 Å². The van der Waals surface area contributed by atoms with Gasteiger partial charge in [-0.2, -0.15) is 26.3 Å². The van der Waals surface area contributed by atoms with Crippen LogP contribution in [0.2, 0.25) is 0 Å². The molecule has 2 aliphatic rings. The standard InChI is InChI=1S/C35H43F7N2O3/c1-5-47-32(45)15-23-6-8-24(9-7-23)19-44-13-12-30(31(20-44)29-11-10-28(36)14-21(29)2)33(46)43(4)22(3)25-16-26(34(37,38)39)18-27(17-25)35(40,41)42/h10-11,14,16-18,22-24,30-31H,5-9,12-13,15,19-20H2,1-4H3/t22-,23-,24+,30-,31+/m0/s1. The Morgan fingerprint density at radius 3 is 2.09 bits per heavy atom. The summed E-state index contributed by atoms with van der Waals surface area (Å²) >= 11 is 0. The highest BCUT2D eigenvalue weighted by Crippen LogP contribution is 2.41. The number of halogens is 7. The number of benzene rings is 2. The zero-order valence-corrected chi connectivity index (χ0v) is 27.2. The van der Waals surface area contributed by atoms with Crippen molar-refractivity contribution in [2.24, 2.45) is 17.8 Å². The molecule has 0 bridgehead atoms. The van der Waals surface area contributed by atoms with Gasteiger partial charge in [-0.3, -0.25) is 9.59 Å². The number of likely N-dealkylation sites (tertiary alicyclic amines) is 1. The summed E-state index contributed by atoms with van der Waals surface area (Å²) in [6.45, 7) is 7.20. The van der Waals surface area contributed by atoms with Gasteiger partial charge in [-0.15, -0.1) is 0 Å². The topological polar surface area (TPSA) is 49.9 Å². The molecule has 260 valence electrons. The number of hydrogen-bond donors (Lipinski definition) is 0. The number of esters is 1. The van der Waals surface area contributed by atoms with Gasteiger partial charge >= 0.3 is 18.3 Å². The van der Waals surface area contributed by atoms with E-state index in [1.165, 1.54) is 31.0 Å². The van der Waals surface area contributed by atoms with E-state index >= 15 is 0 Å². The minimum atomic E-state index is -5.00. The highest BCUT2D eigenvalue weighted by Gasteiger charge is 2.41. The van der Waals surface area contributed by atoms with E-state index < -0.39 is 47.2 Å². The number of piperidine rings is 1. The Bertz CT molecular complexity index is 1370. The van der Waals surface area contributed by atoms with E-state index in [9.17, 15) is 40.3 Å². The third kappa shape index (κ3) is 9.27. The van der Waals surface area contributed by atoms with E-state index in [-0.39, 0.29) is 23.5 Å². The van der Waals surface area contributed by atoms with Crippen molar-refractivity contribution in [2.75, 3.05) is 33.3 Å². The predicted molar refractivity (Wildman–Crippen MR) is 163 cm³/mol. The third-order valence-corrected chi connectivity index (χ3v) is 9.91. The van der Waals surface area contributed by atoms with E-state index in [4.69, 9.17) is 4.74 Å². The van der Waals surface area contributed by atoms with E-state index in [0.717, 1.165) is 37.8 Å². The highest BCUT2D eigenvalue weighted by atomic mass is 19.4. The third-order valence-electron chi connectivity index (χ3n) is 9.91. The van der Waals surface area contributed by atoms with Gasteiger partial charge < -0.3 is 14.5 Å². The molecule has 0 spiro atoms. The van der Waals surface area contributed by atoms with Crippen LogP contribution in [0, 0.1) is 30.5 Å². The second-order valence-corrected chi connectivity index (χ2v) is 13.1. The zero-order chi connectivity index (χ0) is 34.7. The molecular weight excluding hydrogens is 629 g/mol. The first-order chi connectivity index (χ1) is 22.0. The predicted octanol–water partition coefficient (Wildman–Crippen LogP) is 8.56. The molecule has 1 amide bonds.